The van der Waals surface area contributed by atoms with Gasteiger partial charge >= 0.3 is 0 Å². The summed E-state index contributed by atoms with van der Waals surface area (Å²) in [4.78, 5) is 0. The van der Waals surface area contributed by atoms with Crippen molar-refractivity contribution >= 4 is 0 Å². The summed E-state index contributed by atoms with van der Waals surface area (Å²) < 4.78 is 18.8. The molecule has 3 heteroatoms. The minimum absolute atomic E-state index is 0.119. The van der Waals surface area contributed by atoms with Crippen LogP contribution in [-0.2, 0) is 0 Å². The summed E-state index contributed by atoms with van der Waals surface area (Å²) in [6, 6.07) is 6.33. The molecule has 1 atom stereocenters. The molecule has 0 amide bonds. The molecular formula is C14H22FNO. The fourth-order valence-corrected chi connectivity index (χ4v) is 1.70. The number of hydrogen-bond acceptors (Lipinski definition) is 2. The Morgan fingerprint density at radius 1 is 1.29 bits per heavy atom. The lowest BCUT2D eigenvalue weighted by Crippen LogP contribution is -2.31. The highest BCUT2D eigenvalue weighted by Crippen LogP contribution is 2.15. The molecule has 96 valence electrons. The first-order chi connectivity index (χ1) is 8.26. The SMILES string of the molecule is CCCNCC(CCC)Oc1cccc(F)c1. The molecule has 0 bridgehead atoms. The Labute approximate surface area is 103 Å². The van der Waals surface area contributed by atoms with Crippen molar-refractivity contribution in [3.8, 4) is 5.75 Å². The molecule has 0 heterocycles. The summed E-state index contributed by atoms with van der Waals surface area (Å²) in [5, 5.41) is 3.34. The van der Waals surface area contributed by atoms with Gasteiger partial charge in [0.25, 0.3) is 0 Å². The Kier molecular flexibility index (Phi) is 6.63. The fraction of sp³-hybridized carbons (Fsp3) is 0.571. The summed E-state index contributed by atoms with van der Waals surface area (Å²) in [6.07, 6.45) is 3.27. The third-order valence-corrected chi connectivity index (χ3v) is 2.51. The van der Waals surface area contributed by atoms with Crippen LogP contribution in [0.1, 0.15) is 33.1 Å². The highest BCUT2D eigenvalue weighted by atomic mass is 19.1. The quantitative estimate of drug-likeness (QED) is 0.702. The lowest BCUT2D eigenvalue weighted by molar-refractivity contribution is 0.186. The maximum Gasteiger partial charge on any atom is 0.126 e. The predicted octanol–water partition coefficient (Wildman–Crippen LogP) is 3.37. The van der Waals surface area contributed by atoms with E-state index < -0.39 is 0 Å². The number of benzene rings is 1. The average Bonchev–Trinajstić information content (AvgIpc) is 2.29. The number of rotatable bonds is 8. The molecule has 0 saturated carbocycles. The summed E-state index contributed by atoms with van der Waals surface area (Å²) in [5.41, 5.74) is 0. The maximum atomic E-state index is 13.0. The average molecular weight is 239 g/mol. The van der Waals surface area contributed by atoms with Gasteiger partial charge in [-0.3, -0.25) is 0 Å². The number of nitrogens with one attached hydrogen (secondary N) is 1. The van der Waals surface area contributed by atoms with Gasteiger partial charge in [0.2, 0.25) is 0 Å². The molecule has 1 N–H and O–H groups in total. The Balaban J connectivity index is 2.47. The van der Waals surface area contributed by atoms with Crippen LogP contribution in [0.15, 0.2) is 24.3 Å². The van der Waals surface area contributed by atoms with Crippen molar-refractivity contribution in [3.63, 3.8) is 0 Å². The highest BCUT2D eigenvalue weighted by molar-refractivity contribution is 5.22. The van der Waals surface area contributed by atoms with E-state index in [4.69, 9.17) is 4.74 Å². The molecule has 2 nitrogen and oxygen atoms in total. The molecule has 0 spiro atoms. The smallest absolute Gasteiger partial charge is 0.126 e. The van der Waals surface area contributed by atoms with E-state index in [1.54, 1.807) is 12.1 Å². The van der Waals surface area contributed by atoms with Crippen LogP contribution in [-0.4, -0.2) is 19.2 Å². The monoisotopic (exact) mass is 239 g/mol. The van der Waals surface area contributed by atoms with Crippen LogP contribution in [0.25, 0.3) is 0 Å². The maximum absolute atomic E-state index is 13.0. The summed E-state index contributed by atoms with van der Waals surface area (Å²) in [6.45, 7) is 6.07. The molecule has 0 aliphatic heterocycles. The van der Waals surface area contributed by atoms with E-state index in [2.05, 4.69) is 19.2 Å². The van der Waals surface area contributed by atoms with E-state index in [9.17, 15) is 4.39 Å². The van der Waals surface area contributed by atoms with Crippen molar-refractivity contribution in [2.45, 2.75) is 39.2 Å². The van der Waals surface area contributed by atoms with E-state index in [-0.39, 0.29) is 11.9 Å². The van der Waals surface area contributed by atoms with Crippen LogP contribution in [0.5, 0.6) is 5.75 Å². The van der Waals surface area contributed by atoms with Crippen LogP contribution in [0.3, 0.4) is 0 Å². The molecule has 0 aliphatic rings. The normalized spacial score (nSPS) is 12.4. The Morgan fingerprint density at radius 3 is 2.76 bits per heavy atom. The molecule has 0 aliphatic carbocycles. The van der Waals surface area contributed by atoms with Crippen molar-refractivity contribution in [3.05, 3.63) is 30.1 Å². The first-order valence-electron chi connectivity index (χ1n) is 6.39. The van der Waals surface area contributed by atoms with Crippen molar-refractivity contribution < 1.29 is 9.13 Å². The summed E-state index contributed by atoms with van der Waals surface area (Å²) in [7, 11) is 0. The zero-order valence-corrected chi connectivity index (χ0v) is 10.7. The first-order valence-corrected chi connectivity index (χ1v) is 6.39. The third-order valence-electron chi connectivity index (χ3n) is 2.51. The van der Waals surface area contributed by atoms with Gasteiger partial charge in [-0.05, 0) is 31.5 Å². The van der Waals surface area contributed by atoms with Crippen molar-refractivity contribution in [2.75, 3.05) is 13.1 Å². The van der Waals surface area contributed by atoms with Crippen LogP contribution in [0.2, 0.25) is 0 Å². The van der Waals surface area contributed by atoms with Crippen molar-refractivity contribution in [2.24, 2.45) is 0 Å². The second-order valence-electron chi connectivity index (χ2n) is 4.19. The van der Waals surface area contributed by atoms with Gasteiger partial charge in [-0.15, -0.1) is 0 Å². The molecule has 1 aromatic rings. The van der Waals surface area contributed by atoms with E-state index in [0.29, 0.717) is 5.75 Å². The second-order valence-corrected chi connectivity index (χ2v) is 4.19. The third kappa shape index (κ3) is 5.68. The Hall–Kier alpha value is -1.09. The van der Waals surface area contributed by atoms with Crippen molar-refractivity contribution in [1.82, 2.24) is 5.32 Å². The van der Waals surface area contributed by atoms with E-state index >= 15 is 0 Å². The van der Waals surface area contributed by atoms with Crippen LogP contribution >= 0.6 is 0 Å². The molecule has 1 unspecified atom stereocenters. The van der Waals surface area contributed by atoms with Crippen LogP contribution in [0.4, 0.5) is 4.39 Å². The summed E-state index contributed by atoms with van der Waals surface area (Å²) >= 11 is 0. The molecule has 1 aromatic carbocycles. The number of halogens is 1. The van der Waals surface area contributed by atoms with E-state index in [1.807, 2.05) is 0 Å². The molecular weight excluding hydrogens is 217 g/mol. The Bertz CT molecular complexity index is 317. The molecule has 0 aromatic heterocycles. The van der Waals surface area contributed by atoms with Gasteiger partial charge in [0.15, 0.2) is 0 Å². The molecule has 0 saturated heterocycles. The number of hydrogen-bond donors (Lipinski definition) is 1. The zero-order chi connectivity index (χ0) is 12.5. The van der Waals surface area contributed by atoms with Gasteiger partial charge in [0.1, 0.15) is 17.7 Å². The van der Waals surface area contributed by atoms with E-state index in [0.717, 1.165) is 32.4 Å². The van der Waals surface area contributed by atoms with Gasteiger partial charge in [-0.2, -0.15) is 0 Å². The van der Waals surface area contributed by atoms with Crippen LogP contribution in [0, 0.1) is 5.82 Å². The fourth-order valence-electron chi connectivity index (χ4n) is 1.70. The van der Waals surface area contributed by atoms with Gasteiger partial charge < -0.3 is 10.1 Å². The van der Waals surface area contributed by atoms with Gasteiger partial charge in [-0.25, -0.2) is 4.39 Å². The minimum Gasteiger partial charge on any atom is -0.489 e. The number of ether oxygens (including phenoxy) is 1. The standard InChI is InChI=1S/C14H22FNO/c1-3-6-14(11-16-9-4-2)17-13-8-5-7-12(15)10-13/h5,7-8,10,14,16H,3-4,6,9,11H2,1-2H3. The van der Waals surface area contributed by atoms with Crippen LogP contribution < -0.4 is 10.1 Å². The lowest BCUT2D eigenvalue weighted by atomic mass is 10.2. The van der Waals surface area contributed by atoms with E-state index in [1.165, 1.54) is 12.1 Å². The topological polar surface area (TPSA) is 21.3 Å². The van der Waals surface area contributed by atoms with Gasteiger partial charge in [0, 0.05) is 12.6 Å². The predicted molar refractivity (Wildman–Crippen MR) is 68.9 cm³/mol. The first kappa shape index (κ1) is 14.0. The van der Waals surface area contributed by atoms with Crippen molar-refractivity contribution in [1.29, 1.82) is 0 Å². The van der Waals surface area contributed by atoms with Gasteiger partial charge in [0.05, 0.1) is 0 Å². The molecule has 0 radical (unpaired) electrons. The minimum atomic E-state index is -0.251. The molecule has 0 fully saturated rings. The lowest BCUT2D eigenvalue weighted by Gasteiger charge is -2.19. The summed E-state index contributed by atoms with van der Waals surface area (Å²) in [5.74, 6) is 0.362. The second kappa shape index (κ2) is 8.07. The largest absolute Gasteiger partial charge is 0.489 e. The highest BCUT2D eigenvalue weighted by Gasteiger charge is 2.09. The molecule has 1 rings (SSSR count). The zero-order valence-electron chi connectivity index (χ0n) is 10.7. The van der Waals surface area contributed by atoms with Gasteiger partial charge in [-0.1, -0.05) is 26.3 Å². The Morgan fingerprint density at radius 2 is 2.12 bits per heavy atom. The molecule has 17 heavy (non-hydrogen) atoms.